The van der Waals surface area contributed by atoms with Crippen LogP contribution in [0.15, 0.2) is 42.5 Å². The summed E-state index contributed by atoms with van der Waals surface area (Å²) in [5, 5.41) is 13.9. The maximum Gasteiger partial charge on any atom is 0.270 e. The number of hydrogen-bond acceptors (Lipinski definition) is 5. The number of nitro benzene ring substituents is 1. The molecule has 0 aromatic heterocycles. The molecule has 26 heavy (non-hydrogen) atoms. The molecule has 0 saturated carbocycles. The minimum Gasteiger partial charge on any atom is -0.497 e. The number of benzene rings is 2. The molecule has 7 heteroatoms. The summed E-state index contributed by atoms with van der Waals surface area (Å²) >= 11 is 0. The van der Waals surface area contributed by atoms with E-state index in [1.807, 2.05) is 13.8 Å². The van der Waals surface area contributed by atoms with Crippen molar-refractivity contribution in [3.05, 3.63) is 52.6 Å². The highest BCUT2D eigenvalue weighted by molar-refractivity contribution is 5.78. The third kappa shape index (κ3) is 5.20. The van der Waals surface area contributed by atoms with Gasteiger partial charge in [0.15, 0.2) is 6.61 Å². The molecule has 7 nitrogen and oxygen atoms in total. The molecule has 2 aromatic rings. The molecular formula is C19H22N2O5. The summed E-state index contributed by atoms with van der Waals surface area (Å²) in [6.07, 6.45) is 0. The van der Waals surface area contributed by atoms with Gasteiger partial charge in [0.1, 0.15) is 11.5 Å². The van der Waals surface area contributed by atoms with E-state index in [4.69, 9.17) is 9.47 Å². The van der Waals surface area contributed by atoms with Crippen molar-refractivity contribution >= 4 is 11.6 Å². The largest absolute Gasteiger partial charge is 0.497 e. The van der Waals surface area contributed by atoms with Crippen LogP contribution in [0, 0.1) is 16.0 Å². The van der Waals surface area contributed by atoms with Gasteiger partial charge < -0.3 is 14.8 Å². The fraction of sp³-hybridized carbons (Fsp3) is 0.316. The summed E-state index contributed by atoms with van der Waals surface area (Å²) in [5.41, 5.74) is 1.22. The minimum absolute atomic E-state index is 0.0487. The van der Waals surface area contributed by atoms with E-state index in [0.29, 0.717) is 29.5 Å². The maximum absolute atomic E-state index is 11.9. The number of nitrogens with zero attached hydrogens (tertiary/aromatic N) is 1. The molecule has 0 bridgehead atoms. The first kappa shape index (κ1) is 19.2. The topological polar surface area (TPSA) is 90.7 Å². The van der Waals surface area contributed by atoms with Gasteiger partial charge in [-0.3, -0.25) is 14.9 Å². The van der Waals surface area contributed by atoms with Crippen LogP contribution in [0.3, 0.4) is 0 Å². The lowest BCUT2D eigenvalue weighted by Crippen LogP contribution is -2.31. The first-order chi connectivity index (χ1) is 12.4. The van der Waals surface area contributed by atoms with Crippen LogP contribution in [0.4, 0.5) is 5.69 Å². The van der Waals surface area contributed by atoms with Crippen molar-refractivity contribution in [1.29, 1.82) is 0 Å². The van der Waals surface area contributed by atoms with Crippen molar-refractivity contribution in [2.45, 2.75) is 13.8 Å². The lowest BCUT2D eigenvalue weighted by molar-refractivity contribution is -0.384. The number of nitro groups is 1. The van der Waals surface area contributed by atoms with Crippen LogP contribution in [-0.2, 0) is 4.79 Å². The van der Waals surface area contributed by atoms with Crippen molar-refractivity contribution in [3.63, 3.8) is 0 Å². The second-order valence-electron chi connectivity index (χ2n) is 6.15. The van der Waals surface area contributed by atoms with E-state index < -0.39 is 4.92 Å². The summed E-state index contributed by atoms with van der Waals surface area (Å²) in [4.78, 5) is 22.5. The van der Waals surface area contributed by atoms with E-state index >= 15 is 0 Å². The van der Waals surface area contributed by atoms with Crippen molar-refractivity contribution in [1.82, 2.24) is 5.32 Å². The Hall–Kier alpha value is -3.09. The quantitative estimate of drug-likeness (QED) is 0.577. The Bertz CT molecular complexity index is 772. The van der Waals surface area contributed by atoms with Crippen molar-refractivity contribution < 1.29 is 19.2 Å². The van der Waals surface area contributed by atoms with Gasteiger partial charge in [0.25, 0.3) is 11.6 Å². The fourth-order valence-corrected chi connectivity index (χ4v) is 2.27. The number of rotatable bonds is 8. The predicted molar refractivity (Wildman–Crippen MR) is 98.4 cm³/mol. The van der Waals surface area contributed by atoms with Gasteiger partial charge in [-0.25, -0.2) is 0 Å². The molecule has 0 aliphatic rings. The lowest BCUT2D eigenvalue weighted by atomic mass is 10.0. The molecule has 138 valence electrons. The predicted octanol–water partition coefficient (Wildman–Crippen LogP) is 3.42. The van der Waals surface area contributed by atoms with Crippen molar-refractivity contribution in [2.24, 2.45) is 5.92 Å². The summed E-state index contributed by atoms with van der Waals surface area (Å²) < 4.78 is 10.7. The molecule has 0 aliphatic carbocycles. The van der Waals surface area contributed by atoms with E-state index in [1.165, 1.54) is 18.2 Å². The number of nitrogens with one attached hydrogen (secondary N) is 1. The number of hydrogen-bond donors (Lipinski definition) is 1. The van der Waals surface area contributed by atoms with Crippen LogP contribution >= 0.6 is 0 Å². The average Bonchev–Trinajstić information content (AvgIpc) is 2.64. The smallest absolute Gasteiger partial charge is 0.270 e. The Labute approximate surface area is 152 Å². The van der Waals surface area contributed by atoms with Crippen molar-refractivity contribution in [3.8, 4) is 22.6 Å². The van der Waals surface area contributed by atoms with Gasteiger partial charge in [0.2, 0.25) is 0 Å². The molecule has 0 aliphatic heterocycles. The third-order valence-electron chi connectivity index (χ3n) is 3.64. The standard InChI is InChI=1S/C19H22N2O5/c1-13(2)11-20-19(22)12-26-18-9-6-15(21(23)24)10-17(18)14-4-7-16(25-3)8-5-14/h4-10,13H,11-12H2,1-3H3,(H,20,22). The highest BCUT2D eigenvalue weighted by Crippen LogP contribution is 2.34. The highest BCUT2D eigenvalue weighted by atomic mass is 16.6. The molecule has 0 fully saturated rings. The molecule has 1 amide bonds. The molecule has 0 saturated heterocycles. The van der Waals surface area contributed by atoms with E-state index in [9.17, 15) is 14.9 Å². The minimum atomic E-state index is -0.466. The Morgan fingerprint density at radius 3 is 2.46 bits per heavy atom. The zero-order chi connectivity index (χ0) is 19.1. The van der Waals surface area contributed by atoms with E-state index in [1.54, 1.807) is 31.4 Å². The summed E-state index contributed by atoms with van der Waals surface area (Å²) in [6.45, 7) is 4.40. The Balaban J connectivity index is 2.24. The van der Waals surface area contributed by atoms with Crippen molar-refractivity contribution in [2.75, 3.05) is 20.3 Å². The third-order valence-corrected chi connectivity index (χ3v) is 3.64. The Morgan fingerprint density at radius 2 is 1.88 bits per heavy atom. The number of non-ortho nitro benzene ring substituents is 1. The summed E-state index contributed by atoms with van der Waals surface area (Å²) in [7, 11) is 1.56. The molecule has 0 spiro atoms. The van der Waals surface area contributed by atoms with E-state index in [2.05, 4.69) is 5.32 Å². The Kier molecular flexibility index (Phi) is 6.54. The second-order valence-corrected chi connectivity index (χ2v) is 6.15. The first-order valence-electron chi connectivity index (χ1n) is 8.23. The number of methoxy groups -OCH3 is 1. The maximum atomic E-state index is 11.9. The van der Waals surface area contributed by atoms with Crippen LogP contribution in [0.5, 0.6) is 11.5 Å². The second kappa shape index (κ2) is 8.84. The zero-order valence-corrected chi connectivity index (χ0v) is 15.0. The molecule has 1 N–H and O–H groups in total. The number of carbonyl (C=O) groups is 1. The molecule has 0 heterocycles. The van der Waals surface area contributed by atoms with Gasteiger partial charge >= 0.3 is 0 Å². The van der Waals surface area contributed by atoms with E-state index in [-0.39, 0.29) is 18.2 Å². The summed E-state index contributed by atoms with van der Waals surface area (Å²) in [6, 6.07) is 11.4. The number of amides is 1. The normalized spacial score (nSPS) is 10.5. The van der Waals surface area contributed by atoms with E-state index in [0.717, 1.165) is 5.56 Å². The number of carbonyl (C=O) groups excluding carboxylic acids is 1. The van der Waals surface area contributed by atoms with Gasteiger partial charge in [-0.2, -0.15) is 0 Å². The van der Waals surface area contributed by atoms with Crippen LogP contribution in [0.1, 0.15) is 13.8 Å². The first-order valence-corrected chi connectivity index (χ1v) is 8.23. The molecule has 2 aromatic carbocycles. The van der Waals surface area contributed by atoms with Gasteiger partial charge in [0, 0.05) is 24.2 Å². The fourth-order valence-electron chi connectivity index (χ4n) is 2.27. The molecule has 2 rings (SSSR count). The zero-order valence-electron chi connectivity index (χ0n) is 15.0. The van der Waals surface area contributed by atoms with Gasteiger partial charge in [-0.15, -0.1) is 0 Å². The van der Waals surface area contributed by atoms with Gasteiger partial charge in [-0.1, -0.05) is 26.0 Å². The van der Waals surface area contributed by atoms with Crippen LogP contribution in [0.2, 0.25) is 0 Å². The number of ether oxygens (including phenoxy) is 2. The van der Waals surface area contributed by atoms with Crippen LogP contribution < -0.4 is 14.8 Å². The highest BCUT2D eigenvalue weighted by Gasteiger charge is 2.15. The summed E-state index contributed by atoms with van der Waals surface area (Å²) in [5.74, 6) is 1.18. The Morgan fingerprint density at radius 1 is 1.19 bits per heavy atom. The van der Waals surface area contributed by atoms with Gasteiger partial charge in [-0.05, 0) is 29.7 Å². The van der Waals surface area contributed by atoms with Crippen LogP contribution in [0.25, 0.3) is 11.1 Å². The lowest BCUT2D eigenvalue weighted by Gasteiger charge is -2.13. The molecule has 0 unspecified atom stereocenters. The SMILES string of the molecule is COc1ccc(-c2cc([N+](=O)[O-])ccc2OCC(=O)NCC(C)C)cc1. The monoisotopic (exact) mass is 358 g/mol. The average molecular weight is 358 g/mol. The molecule has 0 atom stereocenters. The molecular weight excluding hydrogens is 336 g/mol. The van der Waals surface area contributed by atoms with Crippen LogP contribution in [-0.4, -0.2) is 31.1 Å². The molecule has 0 radical (unpaired) electrons. The van der Waals surface area contributed by atoms with Gasteiger partial charge in [0.05, 0.1) is 12.0 Å².